The minimum absolute atomic E-state index is 0.990. The first-order chi connectivity index (χ1) is 10.4. The van der Waals surface area contributed by atoms with E-state index in [0.29, 0.717) is 0 Å². The Balaban J connectivity index is 1.33. The summed E-state index contributed by atoms with van der Waals surface area (Å²) in [6.45, 7) is 6.98. The molecule has 2 heterocycles. The summed E-state index contributed by atoms with van der Waals surface area (Å²) in [5.74, 6) is 0. The molecule has 21 heavy (non-hydrogen) atoms. The Morgan fingerprint density at radius 3 is 2.76 bits per heavy atom. The van der Waals surface area contributed by atoms with Crippen LogP contribution in [-0.2, 0) is 6.54 Å². The molecule has 1 aliphatic rings. The number of hydrogen-bond acceptors (Lipinski definition) is 3. The fourth-order valence-electron chi connectivity index (χ4n) is 3.12. The molecule has 1 aromatic carbocycles. The zero-order valence-electron chi connectivity index (χ0n) is 12.8. The van der Waals surface area contributed by atoms with Crippen LogP contribution in [0.15, 0.2) is 30.6 Å². The number of rotatable bonds is 7. The van der Waals surface area contributed by atoms with Crippen molar-refractivity contribution in [3.63, 3.8) is 0 Å². The molecule has 0 radical (unpaired) electrons. The maximum Gasteiger partial charge on any atom is 0.0958 e. The summed E-state index contributed by atoms with van der Waals surface area (Å²) in [7, 11) is 0. The highest BCUT2D eigenvalue weighted by Crippen LogP contribution is 2.11. The van der Waals surface area contributed by atoms with Crippen LogP contribution in [-0.4, -0.2) is 47.2 Å². The Kier molecular flexibility index (Phi) is 5.24. The van der Waals surface area contributed by atoms with Crippen LogP contribution < -0.4 is 5.32 Å². The number of piperidine rings is 1. The van der Waals surface area contributed by atoms with Gasteiger partial charge in [-0.2, -0.15) is 0 Å². The first kappa shape index (κ1) is 14.5. The minimum Gasteiger partial charge on any atom is -0.329 e. The van der Waals surface area contributed by atoms with Gasteiger partial charge in [0.25, 0.3) is 0 Å². The average molecular weight is 286 g/mol. The van der Waals surface area contributed by atoms with E-state index in [1.807, 2.05) is 12.4 Å². The Bertz CT molecular complexity index is 542. The van der Waals surface area contributed by atoms with E-state index in [1.165, 1.54) is 50.8 Å². The van der Waals surface area contributed by atoms with Gasteiger partial charge in [-0.3, -0.25) is 0 Å². The van der Waals surface area contributed by atoms with Crippen LogP contribution in [0.3, 0.4) is 0 Å². The molecule has 0 bridgehead atoms. The van der Waals surface area contributed by atoms with Gasteiger partial charge in [0.1, 0.15) is 0 Å². The molecular formula is C17H26N4. The Hall–Kier alpha value is -1.39. The highest BCUT2D eigenvalue weighted by Gasteiger charge is 2.08. The van der Waals surface area contributed by atoms with Crippen LogP contribution in [0.5, 0.6) is 0 Å². The van der Waals surface area contributed by atoms with Crippen LogP contribution in [0.25, 0.3) is 11.0 Å². The lowest BCUT2D eigenvalue weighted by molar-refractivity contribution is 0.225. The summed E-state index contributed by atoms with van der Waals surface area (Å²) in [6.07, 6.45) is 7.40. The van der Waals surface area contributed by atoms with Gasteiger partial charge in [-0.05, 0) is 57.6 Å². The lowest BCUT2D eigenvalue weighted by Gasteiger charge is -2.26. The normalized spacial score (nSPS) is 16.6. The SMILES string of the molecule is c1ccc2c(c1)ncn2CCNCCCN1CCCCC1. The maximum absolute atomic E-state index is 4.42. The summed E-state index contributed by atoms with van der Waals surface area (Å²) in [6, 6.07) is 8.32. The van der Waals surface area contributed by atoms with Crippen LogP contribution in [0.1, 0.15) is 25.7 Å². The number of benzene rings is 1. The van der Waals surface area contributed by atoms with Gasteiger partial charge in [-0.1, -0.05) is 18.6 Å². The molecule has 2 aromatic rings. The predicted octanol–water partition coefficient (Wildman–Crippen LogP) is 2.50. The van der Waals surface area contributed by atoms with Crippen LogP contribution in [0, 0.1) is 0 Å². The molecule has 4 heteroatoms. The molecule has 4 nitrogen and oxygen atoms in total. The van der Waals surface area contributed by atoms with Crippen molar-refractivity contribution < 1.29 is 0 Å². The van der Waals surface area contributed by atoms with Crippen molar-refractivity contribution in [3.05, 3.63) is 30.6 Å². The number of imidazole rings is 1. The summed E-state index contributed by atoms with van der Waals surface area (Å²) >= 11 is 0. The van der Waals surface area contributed by atoms with Crippen molar-refractivity contribution >= 4 is 11.0 Å². The van der Waals surface area contributed by atoms with E-state index in [2.05, 4.69) is 38.0 Å². The fraction of sp³-hybridized carbons (Fsp3) is 0.588. The van der Waals surface area contributed by atoms with Gasteiger partial charge in [0.05, 0.1) is 17.4 Å². The monoisotopic (exact) mass is 286 g/mol. The largest absolute Gasteiger partial charge is 0.329 e. The fourth-order valence-corrected chi connectivity index (χ4v) is 3.12. The zero-order valence-corrected chi connectivity index (χ0v) is 12.8. The van der Waals surface area contributed by atoms with E-state index in [-0.39, 0.29) is 0 Å². The third-order valence-electron chi connectivity index (χ3n) is 4.33. The maximum atomic E-state index is 4.42. The number of hydrogen-bond donors (Lipinski definition) is 1. The number of likely N-dealkylation sites (tertiary alicyclic amines) is 1. The summed E-state index contributed by atoms with van der Waals surface area (Å²) < 4.78 is 2.23. The number of aromatic nitrogens is 2. The molecule has 0 saturated carbocycles. The van der Waals surface area contributed by atoms with Crippen molar-refractivity contribution in [1.29, 1.82) is 0 Å². The van der Waals surface area contributed by atoms with Gasteiger partial charge >= 0.3 is 0 Å². The summed E-state index contributed by atoms with van der Waals surface area (Å²) in [4.78, 5) is 7.03. The van der Waals surface area contributed by atoms with Crippen LogP contribution >= 0.6 is 0 Å². The highest BCUT2D eigenvalue weighted by atomic mass is 15.1. The van der Waals surface area contributed by atoms with Gasteiger partial charge in [0, 0.05) is 13.1 Å². The van der Waals surface area contributed by atoms with Gasteiger partial charge < -0.3 is 14.8 Å². The van der Waals surface area contributed by atoms with E-state index in [0.717, 1.165) is 25.2 Å². The van der Waals surface area contributed by atoms with Gasteiger partial charge in [0.15, 0.2) is 0 Å². The van der Waals surface area contributed by atoms with Crippen LogP contribution in [0.4, 0.5) is 0 Å². The molecule has 1 saturated heterocycles. The van der Waals surface area contributed by atoms with E-state index in [4.69, 9.17) is 0 Å². The molecule has 0 unspecified atom stereocenters. The van der Waals surface area contributed by atoms with Gasteiger partial charge in [-0.15, -0.1) is 0 Å². The van der Waals surface area contributed by atoms with Gasteiger partial charge in [0.2, 0.25) is 0 Å². The Morgan fingerprint density at radius 2 is 1.86 bits per heavy atom. The third-order valence-corrected chi connectivity index (χ3v) is 4.33. The van der Waals surface area contributed by atoms with Crippen molar-refractivity contribution in [2.75, 3.05) is 32.7 Å². The number of para-hydroxylation sites is 2. The molecular weight excluding hydrogens is 260 g/mol. The number of fused-ring (bicyclic) bond motifs is 1. The second kappa shape index (κ2) is 7.57. The number of nitrogens with zero attached hydrogens (tertiary/aromatic N) is 3. The first-order valence-electron chi connectivity index (χ1n) is 8.26. The second-order valence-electron chi connectivity index (χ2n) is 5.93. The lowest BCUT2D eigenvalue weighted by Crippen LogP contribution is -2.32. The Labute approximate surface area is 127 Å². The minimum atomic E-state index is 0.990. The smallest absolute Gasteiger partial charge is 0.0958 e. The van der Waals surface area contributed by atoms with Gasteiger partial charge in [-0.25, -0.2) is 4.98 Å². The van der Waals surface area contributed by atoms with Crippen molar-refractivity contribution in [2.24, 2.45) is 0 Å². The zero-order chi connectivity index (χ0) is 14.3. The molecule has 114 valence electrons. The summed E-state index contributed by atoms with van der Waals surface area (Å²) in [5, 5.41) is 3.55. The molecule has 0 amide bonds. The summed E-state index contributed by atoms with van der Waals surface area (Å²) in [5.41, 5.74) is 2.32. The predicted molar refractivity (Wildman–Crippen MR) is 87.5 cm³/mol. The second-order valence-corrected chi connectivity index (χ2v) is 5.93. The molecule has 3 rings (SSSR count). The molecule has 1 aromatic heterocycles. The topological polar surface area (TPSA) is 33.1 Å². The lowest BCUT2D eigenvalue weighted by atomic mass is 10.1. The molecule has 0 spiro atoms. The average Bonchev–Trinajstić information content (AvgIpc) is 2.95. The van der Waals surface area contributed by atoms with E-state index in [1.54, 1.807) is 0 Å². The quantitative estimate of drug-likeness (QED) is 0.794. The standard InChI is InChI=1S/C17H26N4/c1-4-11-20(12-5-1)13-6-9-18-10-14-21-15-19-16-7-2-3-8-17(16)21/h2-3,7-8,15,18H,1,4-6,9-14H2. The first-order valence-corrected chi connectivity index (χ1v) is 8.26. The van der Waals surface area contributed by atoms with Crippen molar-refractivity contribution in [1.82, 2.24) is 19.8 Å². The van der Waals surface area contributed by atoms with E-state index >= 15 is 0 Å². The molecule has 1 fully saturated rings. The molecule has 1 aliphatic heterocycles. The van der Waals surface area contributed by atoms with E-state index < -0.39 is 0 Å². The molecule has 0 aliphatic carbocycles. The number of nitrogens with one attached hydrogen (secondary N) is 1. The Morgan fingerprint density at radius 1 is 1.00 bits per heavy atom. The molecule has 1 N–H and O–H groups in total. The highest BCUT2D eigenvalue weighted by molar-refractivity contribution is 5.74. The van der Waals surface area contributed by atoms with E-state index in [9.17, 15) is 0 Å². The third kappa shape index (κ3) is 4.05. The van der Waals surface area contributed by atoms with Crippen LogP contribution in [0.2, 0.25) is 0 Å². The molecule has 0 atom stereocenters. The van der Waals surface area contributed by atoms with Crippen molar-refractivity contribution in [3.8, 4) is 0 Å². The van der Waals surface area contributed by atoms with Crippen molar-refractivity contribution in [2.45, 2.75) is 32.2 Å².